The minimum Gasteiger partial charge on any atom is -0.494 e. The SMILES string of the molecule is CCCCn1c(-c2ccccc2)nc(=S)c(C(=O)OCC)c1O. The molecule has 0 unspecified atom stereocenters. The van der Waals surface area contributed by atoms with E-state index in [2.05, 4.69) is 11.9 Å². The van der Waals surface area contributed by atoms with Gasteiger partial charge in [-0.2, -0.15) is 0 Å². The van der Waals surface area contributed by atoms with Crippen LogP contribution in [0.25, 0.3) is 11.4 Å². The zero-order valence-electron chi connectivity index (χ0n) is 13.3. The first-order valence-electron chi connectivity index (χ1n) is 7.66. The van der Waals surface area contributed by atoms with Gasteiger partial charge in [0.1, 0.15) is 10.5 Å². The standard InChI is InChI=1S/C17H20N2O3S/c1-3-5-11-19-14(12-9-7-6-8-10-12)18-15(23)13(16(19)20)17(21)22-4-2/h6-10,20H,3-5,11H2,1-2H3. The van der Waals surface area contributed by atoms with Gasteiger partial charge >= 0.3 is 5.97 Å². The summed E-state index contributed by atoms with van der Waals surface area (Å²) in [5.41, 5.74) is 0.790. The van der Waals surface area contributed by atoms with Crippen molar-refractivity contribution in [1.82, 2.24) is 9.55 Å². The molecule has 0 aliphatic carbocycles. The first-order chi connectivity index (χ1) is 11.1. The van der Waals surface area contributed by atoms with Crippen molar-refractivity contribution in [2.24, 2.45) is 0 Å². The van der Waals surface area contributed by atoms with Gasteiger partial charge in [0, 0.05) is 12.1 Å². The van der Waals surface area contributed by atoms with Gasteiger partial charge in [-0.05, 0) is 13.3 Å². The lowest BCUT2D eigenvalue weighted by Gasteiger charge is -2.17. The average Bonchev–Trinajstić information content (AvgIpc) is 2.54. The molecule has 0 amide bonds. The smallest absolute Gasteiger partial charge is 0.346 e. The molecular formula is C17H20N2O3S. The fraction of sp³-hybridized carbons (Fsp3) is 0.353. The number of esters is 1. The van der Waals surface area contributed by atoms with E-state index < -0.39 is 5.97 Å². The highest BCUT2D eigenvalue weighted by molar-refractivity contribution is 7.71. The molecule has 0 fully saturated rings. The highest BCUT2D eigenvalue weighted by atomic mass is 32.1. The molecule has 2 aromatic rings. The van der Waals surface area contributed by atoms with Gasteiger partial charge in [-0.15, -0.1) is 0 Å². The predicted octanol–water partition coefficient (Wildman–Crippen LogP) is 3.96. The van der Waals surface area contributed by atoms with Crippen LogP contribution in [0, 0.1) is 4.64 Å². The molecule has 6 heteroatoms. The molecule has 0 bridgehead atoms. The summed E-state index contributed by atoms with van der Waals surface area (Å²) in [6.07, 6.45) is 1.80. The van der Waals surface area contributed by atoms with E-state index >= 15 is 0 Å². The number of unbranched alkanes of at least 4 members (excludes halogenated alkanes) is 1. The van der Waals surface area contributed by atoms with E-state index in [1.54, 1.807) is 11.5 Å². The second kappa shape index (κ2) is 7.87. The number of aromatic nitrogens is 2. The fourth-order valence-corrected chi connectivity index (χ4v) is 2.52. The predicted molar refractivity (Wildman–Crippen MR) is 91.0 cm³/mol. The maximum absolute atomic E-state index is 12.1. The summed E-state index contributed by atoms with van der Waals surface area (Å²) in [6, 6.07) is 9.47. The molecule has 0 radical (unpaired) electrons. The van der Waals surface area contributed by atoms with Gasteiger partial charge in [-0.25, -0.2) is 9.78 Å². The number of carbonyl (C=O) groups excluding carboxylic acids is 1. The van der Waals surface area contributed by atoms with Gasteiger partial charge in [0.2, 0.25) is 5.88 Å². The van der Waals surface area contributed by atoms with E-state index in [9.17, 15) is 9.90 Å². The van der Waals surface area contributed by atoms with E-state index in [1.165, 1.54) is 0 Å². The zero-order chi connectivity index (χ0) is 16.8. The Morgan fingerprint density at radius 1 is 1.30 bits per heavy atom. The number of ether oxygens (including phenoxy) is 1. The molecule has 23 heavy (non-hydrogen) atoms. The lowest BCUT2D eigenvalue weighted by Crippen LogP contribution is -2.14. The molecular weight excluding hydrogens is 312 g/mol. The Kier molecular flexibility index (Phi) is 5.87. The second-order valence-corrected chi connectivity index (χ2v) is 5.42. The van der Waals surface area contributed by atoms with E-state index in [4.69, 9.17) is 17.0 Å². The molecule has 1 aromatic heterocycles. The molecule has 0 spiro atoms. The van der Waals surface area contributed by atoms with Crippen molar-refractivity contribution in [3.05, 3.63) is 40.5 Å². The average molecular weight is 332 g/mol. The van der Waals surface area contributed by atoms with E-state index in [1.807, 2.05) is 30.3 Å². The van der Waals surface area contributed by atoms with Crippen molar-refractivity contribution in [2.75, 3.05) is 6.61 Å². The summed E-state index contributed by atoms with van der Waals surface area (Å²) in [7, 11) is 0. The van der Waals surface area contributed by atoms with Gasteiger partial charge in [0.25, 0.3) is 0 Å². The molecule has 1 aromatic carbocycles. The Hall–Kier alpha value is -2.21. The first kappa shape index (κ1) is 17.1. The van der Waals surface area contributed by atoms with Gasteiger partial charge < -0.3 is 9.84 Å². The monoisotopic (exact) mass is 332 g/mol. The summed E-state index contributed by atoms with van der Waals surface area (Å²) >= 11 is 5.20. The topological polar surface area (TPSA) is 64.4 Å². The fourth-order valence-electron chi connectivity index (χ4n) is 2.26. The lowest BCUT2D eigenvalue weighted by molar-refractivity contribution is 0.0519. The third kappa shape index (κ3) is 3.76. The van der Waals surface area contributed by atoms with Crippen LogP contribution in [0.3, 0.4) is 0 Å². The van der Waals surface area contributed by atoms with Gasteiger partial charge in [-0.3, -0.25) is 4.57 Å². The lowest BCUT2D eigenvalue weighted by atomic mass is 10.2. The zero-order valence-corrected chi connectivity index (χ0v) is 14.1. The third-order valence-corrected chi connectivity index (χ3v) is 3.70. The Bertz CT molecular complexity index is 741. The second-order valence-electron chi connectivity index (χ2n) is 5.03. The van der Waals surface area contributed by atoms with Crippen LogP contribution in [0.5, 0.6) is 5.88 Å². The van der Waals surface area contributed by atoms with E-state index in [-0.39, 0.29) is 22.7 Å². The van der Waals surface area contributed by atoms with Gasteiger partial charge in [0.05, 0.1) is 6.61 Å². The van der Waals surface area contributed by atoms with Gasteiger partial charge in [0.15, 0.2) is 5.56 Å². The summed E-state index contributed by atoms with van der Waals surface area (Å²) in [6.45, 7) is 4.51. The summed E-state index contributed by atoms with van der Waals surface area (Å²) in [5, 5.41) is 10.6. The summed E-state index contributed by atoms with van der Waals surface area (Å²) in [5.74, 6) is -0.280. The molecule has 0 saturated carbocycles. The van der Waals surface area contributed by atoms with Crippen molar-refractivity contribution in [3.8, 4) is 17.3 Å². The molecule has 5 nitrogen and oxygen atoms in total. The molecule has 0 aliphatic rings. The molecule has 122 valence electrons. The Morgan fingerprint density at radius 3 is 2.61 bits per heavy atom. The number of carbonyl (C=O) groups is 1. The number of benzene rings is 1. The van der Waals surface area contributed by atoms with Crippen LogP contribution in [0.2, 0.25) is 0 Å². The molecule has 1 N–H and O–H groups in total. The third-order valence-electron chi connectivity index (χ3n) is 3.40. The summed E-state index contributed by atoms with van der Waals surface area (Å²) < 4.78 is 6.65. The molecule has 0 aliphatic heterocycles. The minimum atomic E-state index is -0.646. The number of hydrogen-bond acceptors (Lipinski definition) is 5. The quantitative estimate of drug-likeness (QED) is 0.641. The number of aromatic hydroxyl groups is 1. The number of rotatable bonds is 6. The van der Waals surface area contributed by atoms with Crippen LogP contribution in [0.15, 0.2) is 30.3 Å². The van der Waals surface area contributed by atoms with Crippen molar-refractivity contribution in [3.63, 3.8) is 0 Å². The van der Waals surface area contributed by atoms with Crippen molar-refractivity contribution in [2.45, 2.75) is 33.2 Å². The first-order valence-corrected chi connectivity index (χ1v) is 8.07. The highest BCUT2D eigenvalue weighted by Crippen LogP contribution is 2.27. The Labute approximate surface area is 140 Å². The van der Waals surface area contributed by atoms with Crippen molar-refractivity contribution >= 4 is 18.2 Å². The molecule has 1 heterocycles. The minimum absolute atomic E-state index is 0.0439. The van der Waals surface area contributed by atoms with Crippen LogP contribution in [0.1, 0.15) is 37.0 Å². The van der Waals surface area contributed by atoms with E-state index in [0.717, 1.165) is 18.4 Å². The van der Waals surface area contributed by atoms with E-state index in [0.29, 0.717) is 12.4 Å². The van der Waals surface area contributed by atoms with Gasteiger partial charge in [-0.1, -0.05) is 55.9 Å². The maximum atomic E-state index is 12.1. The normalized spacial score (nSPS) is 10.5. The Morgan fingerprint density at radius 2 is 2.00 bits per heavy atom. The molecule has 2 rings (SSSR count). The van der Waals surface area contributed by atoms with Crippen LogP contribution in [-0.2, 0) is 11.3 Å². The number of hydrogen-bond donors (Lipinski definition) is 1. The molecule has 0 saturated heterocycles. The maximum Gasteiger partial charge on any atom is 0.346 e. The number of nitrogens with zero attached hydrogens (tertiary/aromatic N) is 2. The summed E-state index contributed by atoms with van der Waals surface area (Å²) in [4.78, 5) is 16.4. The van der Waals surface area contributed by atoms with Crippen LogP contribution >= 0.6 is 12.2 Å². The highest BCUT2D eigenvalue weighted by Gasteiger charge is 2.21. The van der Waals surface area contributed by atoms with Crippen LogP contribution in [-0.4, -0.2) is 27.2 Å². The largest absolute Gasteiger partial charge is 0.494 e. The van der Waals surface area contributed by atoms with Crippen molar-refractivity contribution in [1.29, 1.82) is 0 Å². The Balaban J connectivity index is 2.64. The van der Waals surface area contributed by atoms with Crippen LogP contribution < -0.4 is 0 Å². The van der Waals surface area contributed by atoms with Crippen LogP contribution in [0.4, 0.5) is 0 Å². The molecule has 0 atom stereocenters. The van der Waals surface area contributed by atoms with Crippen molar-refractivity contribution < 1.29 is 14.6 Å².